The van der Waals surface area contributed by atoms with E-state index in [4.69, 9.17) is 11.6 Å². The SMILES string of the molecule is CN(C(=O)C1Cc2ccccc2C1)C1CCCCC1Cl. The number of nitrogens with zero attached hydrogens (tertiary/aromatic N) is 1. The molecule has 0 N–H and O–H groups in total. The first kappa shape index (κ1) is 13.9. The van der Waals surface area contributed by atoms with E-state index in [0.29, 0.717) is 0 Å². The highest BCUT2D eigenvalue weighted by molar-refractivity contribution is 6.21. The lowest BCUT2D eigenvalue weighted by molar-refractivity contribution is -0.136. The van der Waals surface area contributed by atoms with Crippen LogP contribution >= 0.6 is 11.6 Å². The summed E-state index contributed by atoms with van der Waals surface area (Å²) in [5.41, 5.74) is 2.68. The minimum Gasteiger partial charge on any atom is -0.341 e. The number of alkyl halides is 1. The van der Waals surface area contributed by atoms with Gasteiger partial charge < -0.3 is 4.90 Å². The third-order valence-electron chi connectivity index (χ3n) is 4.89. The number of fused-ring (bicyclic) bond motifs is 1. The molecule has 2 aliphatic rings. The lowest BCUT2D eigenvalue weighted by Gasteiger charge is -2.36. The molecule has 1 aromatic rings. The Bertz CT molecular complexity index is 477. The summed E-state index contributed by atoms with van der Waals surface area (Å²) in [5.74, 6) is 0.391. The lowest BCUT2D eigenvalue weighted by atomic mass is 9.92. The van der Waals surface area contributed by atoms with Crippen molar-refractivity contribution in [3.05, 3.63) is 35.4 Å². The first-order valence-electron chi connectivity index (χ1n) is 7.64. The molecule has 2 nitrogen and oxygen atoms in total. The van der Waals surface area contributed by atoms with E-state index in [1.165, 1.54) is 24.0 Å². The average molecular weight is 292 g/mol. The van der Waals surface area contributed by atoms with Gasteiger partial charge in [-0.05, 0) is 36.8 Å². The van der Waals surface area contributed by atoms with Crippen molar-refractivity contribution in [2.75, 3.05) is 7.05 Å². The summed E-state index contributed by atoms with van der Waals surface area (Å²) in [4.78, 5) is 14.7. The van der Waals surface area contributed by atoms with E-state index >= 15 is 0 Å². The molecule has 0 radical (unpaired) electrons. The Morgan fingerprint density at radius 3 is 2.35 bits per heavy atom. The maximum Gasteiger partial charge on any atom is 0.226 e. The molecule has 1 saturated carbocycles. The molecule has 1 aromatic carbocycles. The van der Waals surface area contributed by atoms with Gasteiger partial charge in [0.1, 0.15) is 0 Å². The summed E-state index contributed by atoms with van der Waals surface area (Å²) in [5, 5.41) is 0.126. The standard InChI is InChI=1S/C17H22ClNO/c1-19(16-9-5-4-8-15(16)18)17(20)14-10-12-6-2-3-7-13(12)11-14/h2-3,6-7,14-16H,4-5,8-11H2,1H3. The average Bonchev–Trinajstić information content (AvgIpc) is 2.90. The molecule has 0 bridgehead atoms. The zero-order valence-corrected chi connectivity index (χ0v) is 12.8. The minimum atomic E-state index is 0.114. The van der Waals surface area contributed by atoms with Gasteiger partial charge in [0.2, 0.25) is 5.91 Å². The van der Waals surface area contributed by atoms with Crippen molar-refractivity contribution < 1.29 is 4.79 Å². The van der Waals surface area contributed by atoms with E-state index < -0.39 is 0 Å². The number of amides is 1. The van der Waals surface area contributed by atoms with Gasteiger partial charge in [0.05, 0.1) is 5.38 Å². The van der Waals surface area contributed by atoms with Crippen molar-refractivity contribution in [3.8, 4) is 0 Å². The molecule has 2 atom stereocenters. The Labute approximate surface area is 126 Å². The van der Waals surface area contributed by atoms with Crippen molar-refractivity contribution in [2.24, 2.45) is 5.92 Å². The number of hydrogen-bond donors (Lipinski definition) is 0. The highest BCUT2D eigenvalue weighted by Crippen LogP contribution is 2.31. The van der Waals surface area contributed by atoms with Crippen LogP contribution < -0.4 is 0 Å². The fourth-order valence-corrected chi connectivity index (χ4v) is 4.14. The van der Waals surface area contributed by atoms with Gasteiger partial charge in [-0.25, -0.2) is 0 Å². The molecule has 1 fully saturated rings. The van der Waals surface area contributed by atoms with Gasteiger partial charge in [-0.1, -0.05) is 37.1 Å². The summed E-state index contributed by atoms with van der Waals surface area (Å²) < 4.78 is 0. The Morgan fingerprint density at radius 1 is 1.15 bits per heavy atom. The lowest BCUT2D eigenvalue weighted by Crippen LogP contribution is -2.46. The van der Waals surface area contributed by atoms with Crippen molar-refractivity contribution in [1.82, 2.24) is 4.90 Å². The van der Waals surface area contributed by atoms with E-state index in [1.807, 2.05) is 11.9 Å². The molecule has 0 spiro atoms. The molecule has 3 rings (SSSR count). The Morgan fingerprint density at radius 2 is 1.75 bits per heavy atom. The molecule has 2 unspecified atom stereocenters. The van der Waals surface area contributed by atoms with E-state index in [0.717, 1.165) is 25.7 Å². The van der Waals surface area contributed by atoms with Crippen LogP contribution in [-0.2, 0) is 17.6 Å². The van der Waals surface area contributed by atoms with Crippen molar-refractivity contribution in [2.45, 2.75) is 49.9 Å². The molecular weight excluding hydrogens is 270 g/mol. The second-order valence-electron chi connectivity index (χ2n) is 6.19. The zero-order chi connectivity index (χ0) is 14.1. The van der Waals surface area contributed by atoms with Gasteiger partial charge in [-0.3, -0.25) is 4.79 Å². The summed E-state index contributed by atoms with van der Waals surface area (Å²) in [6, 6.07) is 8.64. The molecule has 0 aromatic heterocycles. The second-order valence-corrected chi connectivity index (χ2v) is 6.75. The number of carbonyl (C=O) groups is 1. The van der Waals surface area contributed by atoms with Crippen molar-refractivity contribution in [1.29, 1.82) is 0 Å². The van der Waals surface area contributed by atoms with Gasteiger partial charge in [-0.2, -0.15) is 0 Å². The van der Waals surface area contributed by atoms with Crippen LogP contribution in [0.3, 0.4) is 0 Å². The van der Waals surface area contributed by atoms with Crippen LogP contribution in [0.5, 0.6) is 0 Å². The first-order chi connectivity index (χ1) is 9.66. The third-order valence-corrected chi connectivity index (χ3v) is 5.40. The molecule has 3 heteroatoms. The maximum atomic E-state index is 12.7. The molecular formula is C17H22ClNO. The van der Waals surface area contributed by atoms with Crippen LogP contribution in [0.4, 0.5) is 0 Å². The Balaban J connectivity index is 1.68. The van der Waals surface area contributed by atoms with Crippen molar-refractivity contribution >= 4 is 17.5 Å². The summed E-state index contributed by atoms with van der Waals surface area (Å²) in [6.07, 6.45) is 6.25. The fraction of sp³-hybridized carbons (Fsp3) is 0.588. The Hall–Kier alpha value is -1.02. The maximum absolute atomic E-state index is 12.7. The van der Waals surface area contributed by atoms with Gasteiger partial charge in [0.25, 0.3) is 0 Å². The van der Waals surface area contributed by atoms with Crippen LogP contribution in [0, 0.1) is 5.92 Å². The topological polar surface area (TPSA) is 20.3 Å². The van der Waals surface area contributed by atoms with Crippen molar-refractivity contribution in [3.63, 3.8) is 0 Å². The quantitative estimate of drug-likeness (QED) is 0.765. The van der Waals surface area contributed by atoms with E-state index in [9.17, 15) is 4.79 Å². The minimum absolute atomic E-state index is 0.114. The summed E-state index contributed by atoms with van der Waals surface area (Å²) >= 11 is 6.42. The van der Waals surface area contributed by atoms with Gasteiger partial charge in [-0.15, -0.1) is 11.6 Å². The zero-order valence-electron chi connectivity index (χ0n) is 12.0. The first-order valence-corrected chi connectivity index (χ1v) is 8.08. The van der Waals surface area contributed by atoms with Gasteiger partial charge in [0, 0.05) is 19.0 Å². The number of rotatable bonds is 2. The molecule has 0 saturated heterocycles. The number of halogens is 1. The highest BCUT2D eigenvalue weighted by atomic mass is 35.5. The summed E-state index contributed by atoms with van der Waals surface area (Å²) in [6.45, 7) is 0. The Kier molecular flexibility index (Phi) is 4.02. The molecule has 108 valence electrons. The fourth-order valence-electron chi connectivity index (χ4n) is 3.69. The van der Waals surface area contributed by atoms with E-state index in [-0.39, 0.29) is 23.2 Å². The normalized spacial score (nSPS) is 26.3. The number of hydrogen-bond acceptors (Lipinski definition) is 1. The largest absolute Gasteiger partial charge is 0.341 e. The molecule has 1 amide bonds. The summed E-state index contributed by atoms with van der Waals surface area (Å²) in [7, 11) is 1.94. The van der Waals surface area contributed by atoms with E-state index in [2.05, 4.69) is 24.3 Å². The van der Waals surface area contributed by atoms with Gasteiger partial charge in [0.15, 0.2) is 0 Å². The monoisotopic (exact) mass is 291 g/mol. The van der Waals surface area contributed by atoms with E-state index in [1.54, 1.807) is 0 Å². The molecule has 20 heavy (non-hydrogen) atoms. The smallest absolute Gasteiger partial charge is 0.226 e. The van der Waals surface area contributed by atoms with Crippen LogP contribution in [-0.4, -0.2) is 29.3 Å². The molecule has 2 aliphatic carbocycles. The highest BCUT2D eigenvalue weighted by Gasteiger charge is 2.35. The second kappa shape index (κ2) is 5.77. The van der Waals surface area contributed by atoms with Gasteiger partial charge >= 0.3 is 0 Å². The predicted octanol–water partition coefficient (Wildman–Crippen LogP) is 3.41. The predicted molar refractivity (Wildman–Crippen MR) is 82.0 cm³/mol. The molecule has 0 heterocycles. The number of carbonyl (C=O) groups excluding carboxylic acids is 1. The van der Waals surface area contributed by atoms with Crippen LogP contribution in [0.1, 0.15) is 36.8 Å². The molecule has 0 aliphatic heterocycles. The van der Waals surface area contributed by atoms with Crippen LogP contribution in [0.25, 0.3) is 0 Å². The van der Waals surface area contributed by atoms with Crippen LogP contribution in [0.15, 0.2) is 24.3 Å². The third kappa shape index (κ3) is 2.58. The number of benzene rings is 1. The van der Waals surface area contributed by atoms with Crippen LogP contribution in [0.2, 0.25) is 0 Å².